The van der Waals surface area contributed by atoms with Crippen LogP contribution in [0.5, 0.6) is 0 Å². The van der Waals surface area contributed by atoms with Crippen LogP contribution in [0.4, 0.5) is 14.5 Å². The van der Waals surface area contributed by atoms with Crippen LogP contribution in [-0.2, 0) is 0 Å². The van der Waals surface area contributed by atoms with Gasteiger partial charge < -0.3 is 0 Å². The van der Waals surface area contributed by atoms with Gasteiger partial charge in [-0.05, 0) is 12.1 Å². The van der Waals surface area contributed by atoms with Crippen molar-refractivity contribution in [2.45, 2.75) is 0 Å². The lowest BCUT2D eigenvalue weighted by Gasteiger charge is -2.06. The number of nitro groups is 1. The second-order valence-corrected chi connectivity index (χ2v) is 3.45. The minimum atomic E-state index is -0.975. The first-order valence-electron chi connectivity index (χ1n) is 4.81. The summed E-state index contributed by atoms with van der Waals surface area (Å²) in [7, 11) is 0. The topological polar surface area (TPSA) is 65.1 Å². The predicted octanol–water partition coefficient (Wildman–Crippen LogP) is 2.02. The lowest BCUT2D eigenvalue weighted by Crippen LogP contribution is -2.18. The van der Waals surface area contributed by atoms with Gasteiger partial charge in [-0.1, -0.05) is 0 Å². The van der Waals surface area contributed by atoms with E-state index in [2.05, 4.69) is 0 Å². The van der Waals surface area contributed by atoms with Gasteiger partial charge in [0, 0.05) is 18.3 Å². The SMILES string of the molecule is O=c1ccc(F)cn1-c1ccc([N+](=O)[O-])cc1F. The van der Waals surface area contributed by atoms with Crippen LogP contribution in [0, 0.1) is 21.7 Å². The van der Waals surface area contributed by atoms with Crippen molar-refractivity contribution in [3.8, 4) is 5.69 Å². The smallest absolute Gasteiger partial charge is 0.272 e. The van der Waals surface area contributed by atoms with Crippen molar-refractivity contribution in [3.63, 3.8) is 0 Å². The Bertz CT molecular complexity index is 682. The monoisotopic (exact) mass is 252 g/mol. The Labute approximate surface area is 99.1 Å². The second kappa shape index (κ2) is 4.36. The Morgan fingerprint density at radius 2 is 1.89 bits per heavy atom. The molecule has 0 atom stereocenters. The van der Waals surface area contributed by atoms with Crippen molar-refractivity contribution in [1.29, 1.82) is 0 Å². The molecule has 0 saturated carbocycles. The van der Waals surface area contributed by atoms with Gasteiger partial charge in [0.1, 0.15) is 5.82 Å². The van der Waals surface area contributed by atoms with Crippen molar-refractivity contribution in [3.05, 3.63) is 68.6 Å². The summed E-state index contributed by atoms with van der Waals surface area (Å²) in [5, 5.41) is 10.4. The second-order valence-electron chi connectivity index (χ2n) is 3.45. The fourth-order valence-electron chi connectivity index (χ4n) is 1.45. The molecule has 2 rings (SSSR count). The van der Waals surface area contributed by atoms with Gasteiger partial charge in [0.05, 0.1) is 16.7 Å². The first-order chi connectivity index (χ1) is 8.49. The molecule has 2 aromatic rings. The van der Waals surface area contributed by atoms with Crippen molar-refractivity contribution < 1.29 is 13.7 Å². The summed E-state index contributed by atoms with van der Waals surface area (Å²) in [6.07, 6.45) is 0.812. The molecular formula is C11H6F2N2O3. The molecule has 0 N–H and O–H groups in total. The van der Waals surface area contributed by atoms with Crippen LogP contribution >= 0.6 is 0 Å². The lowest BCUT2D eigenvalue weighted by atomic mass is 10.2. The molecule has 0 amide bonds. The predicted molar refractivity (Wildman–Crippen MR) is 58.6 cm³/mol. The Balaban J connectivity index is 2.61. The van der Waals surface area contributed by atoms with E-state index in [-0.39, 0.29) is 5.69 Å². The van der Waals surface area contributed by atoms with E-state index in [0.717, 1.165) is 35.0 Å². The van der Waals surface area contributed by atoms with Gasteiger partial charge >= 0.3 is 0 Å². The average Bonchev–Trinajstić information content (AvgIpc) is 2.32. The molecule has 92 valence electrons. The Hall–Kier alpha value is -2.57. The highest BCUT2D eigenvalue weighted by Gasteiger charge is 2.13. The van der Waals surface area contributed by atoms with Gasteiger partial charge in [-0.15, -0.1) is 0 Å². The van der Waals surface area contributed by atoms with Crippen LogP contribution in [0.15, 0.2) is 41.3 Å². The van der Waals surface area contributed by atoms with Crippen molar-refractivity contribution in [2.75, 3.05) is 0 Å². The number of aromatic nitrogens is 1. The summed E-state index contributed by atoms with van der Waals surface area (Å²) in [6.45, 7) is 0. The summed E-state index contributed by atoms with van der Waals surface area (Å²) in [5.41, 5.74) is -1.32. The van der Waals surface area contributed by atoms with Crippen molar-refractivity contribution in [2.24, 2.45) is 0 Å². The van der Waals surface area contributed by atoms with Gasteiger partial charge in [0.25, 0.3) is 11.2 Å². The maximum Gasteiger partial charge on any atom is 0.272 e. The Morgan fingerprint density at radius 1 is 1.17 bits per heavy atom. The molecule has 18 heavy (non-hydrogen) atoms. The molecule has 0 aliphatic carbocycles. The fraction of sp³-hybridized carbons (Fsp3) is 0. The highest BCUT2D eigenvalue weighted by molar-refractivity contribution is 5.42. The van der Waals surface area contributed by atoms with Gasteiger partial charge in [-0.3, -0.25) is 19.5 Å². The molecular weight excluding hydrogens is 246 g/mol. The lowest BCUT2D eigenvalue weighted by molar-refractivity contribution is -0.385. The molecule has 0 aliphatic heterocycles. The molecule has 0 spiro atoms. The largest absolute Gasteiger partial charge is 0.278 e. The number of nitro benzene ring substituents is 1. The quantitative estimate of drug-likeness (QED) is 0.606. The molecule has 0 unspecified atom stereocenters. The number of non-ortho nitro benzene ring substituents is 1. The molecule has 1 aromatic carbocycles. The minimum Gasteiger partial charge on any atom is -0.278 e. The van der Waals surface area contributed by atoms with E-state index in [1.807, 2.05) is 0 Å². The van der Waals surface area contributed by atoms with Crippen LogP contribution < -0.4 is 5.56 Å². The zero-order valence-corrected chi connectivity index (χ0v) is 8.84. The van der Waals surface area contributed by atoms with Crippen LogP contribution in [0.1, 0.15) is 0 Å². The first-order valence-corrected chi connectivity index (χ1v) is 4.81. The maximum atomic E-state index is 13.6. The standard InChI is InChI=1S/C11H6F2N2O3/c12-7-1-4-11(16)14(6-7)10-3-2-8(15(17)18)5-9(10)13/h1-6H. The molecule has 5 nitrogen and oxygen atoms in total. The van der Waals surface area contributed by atoms with Crippen LogP contribution in [0.25, 0.3) is 5.69 Å². The summed E-state index contributed by atoms with van der Waals surface area (Å²) in [6, 6.07) is 4.65. The van der Waals surface area contributed by atoms with E-state index in [1.165, 1.54) is 0 Å². The maximum absolute atomic E-state index is 13.6. The third kappa shape index (κ3) is 2.10. The number of hydrogen-bond donors (Lipinski definition) is 0. The van der Waals surface area contributed by atoms with Crippen LogP contribution in [0.2, 0.25) is 0 Å². The van der Waals surface area contributed by atoms with E-state index in [1.54, 1.807) is 0 Å². The van der Waals surface area contributed by atoms with Gasteiger partial charge in [0.15, 0.2) is 5.82 Å². The van der Waals surface area contributed by atoms with Gasteiger partial charge in [-0.25, -0.2) is 8.78 Å². The summed E-state index contributed by atoms with van der Waals surface area (Å²) < 4.78 is 27.3. The van der Waals surface area contributed by atoms with Crippen LogP contribution in [-0.4, -0.2) is 9.49 Å². The fourth-order valence-corrected chi connectivity index (χ4v) is 1.45. The van der Waals surface area contributed by atoms with Gasteiger partial charge in [-0.2, -0.15) is 0 Å². The van der Waals surface area contributed by atoms with Gasteiger partial charge in [0.2, 0.25) is 0 Å². The molecule has 7 heteroatoms. The summed E-state index contributed by atoms with van der Waals surface area (Å²) in [5.74, 6) is -1.69. The number of pyridine rings is 1. The highest BCUT2D eigenvalue weighted by atomic mass is 19.1. The molecule has 0 radical (unpaired) electrons. The molecule has 1 aromatic heterocycles. The first kappa shape index (κ1) is 11.9. The summed E-state index contributed by atoms with van der Waals surface area (Å²) in [4.78, 5) is 21.1. The van der Waals surface area contributed by atoms with E-state index >= 15 is 0 Å². The average molecular weight is 252 g/mol. The van der Waals surface area contributed by atoms with E-state index in [4.69, 9.17) is 0 Å². The van der Waals surface area contributed by atoms with Crippen molar-refractivity contribution in [1.82, 2.24) is 4.57 Å². The highest BCUT2D eigenvalue weighted by Crippen LogP contribution is 2.18. The number of benzene rings is 1. The zero-order valence-electron chi connectivity index (χ0n) is 8.84. The molecule has 1 heterocycles. The molecule has 0 saturated heterocycles. The molecule has 0 bridgehead atoms. The zero-order chi connectivity index (χ0) is 13.3. The van der Waals surface area contributed by atoms with E-state index < -0.39 is 27.8 Å². The third-order valence-corrected chi connectivity index (χ3v) is 2.28. The Morgan fingerprint density at radius 3 is 2.50 bits per heavy atom. The van der Waals surface area contributed by atoms with Crippen molar-refractivity contribution >= 4 is 5.69 Å². The number of halogens is 2. The van der Waals surface area contributed by atoms with E-state index in [0.29, 0.717) is 6.07 Å². The summed E-state index contributed by atoms with van der Waals surface area (Å²) >= 11 is 0. The minimum absolute atomic E-state index is 0.245. The molecule has 0 aliphatic rings. The van der Waals surface area contributed by atoms with Crippen LogP contribution in [0.3, 0.4) is 0 Å². The van der Waals surface area contributed by atoms with E-state index in [9.17, 15) is 23.7 Å². The number of hydrogen-bond acceptors (Lipinski definition) is 3. The third-order valence-electron chi connectivity index (χ3n) is 2.28. The molecule has 0 fully saturated rings. The number of rotatable bonds is 2. The number of nitrogens with zero attached hydrogens (tertiary/aromatic N) is 2. The normalized spacial score (nSPS) is 10.3. The Kier molecular flexibility index (Phi) is 2.88.